The van der Waals surface area contributed by atoms with E-state index < -0.39 is 6.10 Å². The third-order valence-electron chi connectivity index (χ3n) is 4.24. The highest BCUT2D eigenvalue weighted by Crippen LogP contribution is 2.30. The minimum atomic E-state index is -0.415. The predicted octanol–water partition coefficient (Wildman–Crippen LogP) is 3.99. The van der Waals surface area contributed by atoms with Gasteiger partial charge in [-0.3, -0.25) is 4.79 Å². The maximum absolute atomic E-state index is 11.5. The minimum Gasteiger partial charge on any atom is -0.460 e. The molecular weight excluding hydrogens is 280 g/mol. The zero-order chi connectivity index (χ0) is 16.2. The van der Waals surface area contributed by atoms with Crippen molar-refractivity contribution in [3.8, 4) is 0 Å². The third-order valence-corrected chi connectivity index (χ3v) is 4.24. The first-order valence-corrected chi connectivity index (χ1v) is 9.13. The Morgan fingerprint density at radius 2 is 1.64 bits per heavy atom. The molecular formula is C18H34O4. The summed E-state index contributed by atoms with van der Waals surface area (Å²) in [6, 6.07) is 0. The summed E-state index contributed by atoms with van der Waals surface area (Å²) in [6.07, 6.45) is 13.2. The smallest absolute Gasteiger partial charge is 0.308 e. The fraction of sp³-hybridized carbons (Fsp3) is 0.944. The molecule has 1 fully saturated rings. The summed E-state index contributed by atoms with van der Waals surface area (Å²) < 4.78 is 10.5. The van der Waals surface area contributed by atoms with E-state index in [2.05, 4.69) is 6.92 Å². The van der Waals surface area contributed by atoms with Crippen LogP contribution in [-0.2, 0) is 14.3 Å². The van der Waals surface area contributed by atoms with Crippen LogP contribution in [0.2, 0.25) is 0 Å². The molecule has 4 nitrogen and oxygen atoms in total. The second-order valence-electron chi connectivity index (χ2n) is 6.52. The summed E-state index contributed by atoms with van der Waals surface area (Å²) in [5.74, 6) is -0.263. The van der Waals surface area contributed by atoms with Crippen LogP contribution in [0.15, 0.2) is 0 Å². The van der Waals surface area contributed by atoms with Crippen LogP contribution >= 0.6 is 0 Å². The van der Waals surface area contributed by atoms with E-state index in [4.69, 9.17) is 14.6 Å². The van der Waals surface area contributed by atoms with Gasteiger partial charge in [-0.05, 0) is 13.3 Å². The third kappa shape index (κ3) is 9.42. The lowest BCUT2D eigenvalue weighted by Crippen LogP contribution is -2.19. The second kappa shape index (κ2) is 11.9. The van der Waals surface area contributed by atoms with Gasteiger partial charge in [0.2, 0.25) is 0 Å². The van der Waals surface area contributed by atoms with Crippen molar-refractivity contribution in [3.05, 3.63) is 0 Å². The monoisotopic (exact) mass is 314 g/mol. The van der Waals surface area contributed by atoms with Gasteiger partial charge < -0.3 is 14.6 Å². The fourth-order valence-corrected chi connectivity index (χ4v) is 2.74. The van der Waals surface area contributed by atoms with Crippen molar-refractivity contribution < 1.29 is 19.4 Å². The molecule has 0 bridgehead atoms. The standard InChI is InChI=1S/C18H34O4/c1-3-4-5-6-7-8-9-10-11-12-16-17(22-16)13-18(20)21-15(2)14-19/h15-17,19H,3-14H2,1-2H3. The molecule has 4 heteroatoms. The maximum atomic E-state index is 11.5. The number of carbonyl (C=O) groups excluding carboxylic acids is 1. The number of aliphatic hydroxyl groups is 1. The van der Waals surface area contributed by atoms with E-state index in [1.807, 2.05) is 0 Å². The average Bonchev–Trinajstić information content (AvgIpc) is 3.23. The lowest BCUT2D eigenvalue weighted by molar-refractivity contribution is -0.150. The van der Waals surface area contributed by atoms with Crippen molar-refractivity contribution in [2.24, 2.45) is 0 Å². The lowest BCUT2D eigenvalue weighted by atomic mass is 10.0. The van der Waals surface area contributed by atoms with E-state index in [9.17, 15) is 4.79 Å². The predicted molar refractivity (Wildman–Crippen MR) is 87.8 cm³/mol. The second-order valence-corrected chi connectivity index (χ2v) is 6.52. The topological polar surface area (TPSA) is 59.1 Å². The normalized spacial score (nSPS) is 21.6. The molecule has 1 rings (SSSR count). The van der Waals surface area contributed by atoms with Gasteiger partial charge >= 0.3 is 5.97 Å². The molecule has 0 radical (unpaired) electrons. The van der Waals surface area contributed by atoms with E-state index in [0.29, 0.717) is 6.42 Å². The van der Waals surface area contributed by atoms with Gasteiger partial charge in [0.15, 0.2) is 0 Å². The Bertz CT molecular complexity index is 293. The first-order chi connectivity index (χ1) is 10.7. The first-order valence-electron chi connectivity index (χ1n) is 9.13. The van der Waals surface area contributed by atoms with Crippen LogP contribution in [0.25, 0.3) is 0 Å². The molecule has 0 aromatic rings. The van der Waals surface area contributed by atoms with Crippen LogP contribution in [0.1, 0.15) is 84.5 Å². The number of aliphatic hydroxyl groups excluding tert-OH is 1. The van der Waals surface area contributed by atoms with Gasteiger partial charge in [-0.25, -0.2) is 0 Å². The summed E-state index contributed by atoms with van der Waals surface area (Å²) >= 11 is 0. The van der Waals surface area contributed by atoms with E-state index in [1.54, 1.807) is 6.92 Å². The van der Waals surface area contributed by atoms with Crippen LogP contribution in [0, 0.1) is 0 Å². The molecule has 1 heterocycles. The van der Waals surface area contributed by atoms with Crippen molar-refractivity contribution in [1.29, 1.82) is 0 Å². The molecule has 0 amide bonds. The molecule has 0 saturated carbocycles. The van der Waals surface area contributed by atoms with Gasteiger partial charge in [0, 0.05) is 0 Å². The van der Waals surface area contributed by atoms with Crippen molar-refractivity contribution in [2.75, 3.05) is 6.61 Å². The van der Waals surface area contributed by atoms with Crippen molar-refractivity contribution in [2.45, 2.75) is 103 Å². The number of rotatable bonds is 14. The summed E-state index contributed by atoms with van der Waals surface area (Å²) in [4.78, 5) is 11.5. The minimum absolute atomic E-state index is 0.0486. The summed E-state index contributed by atoms with van der Waals surface area (Å²) in [5.41, 5.74) is 0. The van der Waals surface area contributed by atoms with Crippen LogP contribution in [0.4, 0.5) is 0 Å². The highest BCUT2D eigenvalue weighted by atomic mass is 16.6. The number of esters is 1. The SMILES string of the molecule is CCCCCCCCCCCC1OC1CC(=O)OC(C)CO. The Morgan fingerprint density at radius 1 is 1.05 bits per heavy atom. The summed E-state index contributed by atoms with van der Waals surface area (Å²) in [5, 5.41) is 8.82. The van der Waals surface area contributed by atoms with Crippen molar-refractivity contribution in [3.63, 3.8) is 0 Å². The van der Waals surface area contributed by atoms with Gasteiger partial charge in [0.1, 0.15) is 6.10 Å². The number of epoxide rings is 1. The maximum Gasteiger partial charge on any atom is 0.308 e. The molecule has 3 atom stereocenters. The van der Waals surface area contributed by atoms with Crippen molar-refractivity contribution in [1.82, 2.24) is 0 Å². The van der Waals surface area contributed by atoms with Crippen LogP contribution in [0.5, 0.6) is 0 Å². The van der Waals surface area contributed by atoms with Crippen molar-refractivity contribution >= 4 is 5.97 Å². The summed E-state index contributed by atoms with van der Waals surface area (Å²) in [6.45, 7) is 3.81. The average molecular weight is 314 g/mol. The molecule has 1 aliphatic rings. The Morgan fingerprint density at radius 3 is 2.23 bits per heavy atom. The number of hydrogen-bond acceptors (Lipinski definition) is 4. The van der Waals surface area contributed by atoms with Crippen LogP contribution in [0.3, 0.4) is 0 Å². The zero-order valence-electron chi connectivity index (χ0n) is 14.4. The Hall–Kier alpha value is -0.610. The van der Waals surface area contributed by atoms with E-state index >= 15 is 0 Å². The summed E-state index contributed by atoms with van der Waals surface area (Å²) in [7, 11) is 0. The number of carbonyl (C=O) groups is 1. The Kier molecular flexibility index (Phi) is 10.5. The molecule has 0 aromatic carbocycles. The highest BCUT2D eigenvalue weighted by Gasteiger charge is 2.40. The highest BCUT2D eigenvalue weighted by molar-refractivity contribution is 5.70. The van der Waals surface area contributed by atoms with E-state index in [0.717, 1.165) is 6.42 Å². The molecule has 130 valence electrons. The van der Waals surface area contributed by atoms with Crippen LogP contribution in [-0.4, -0.2) is 36.0 Å². The van der Waals surface area contributed by atoms with Gasteiger partial charge in [0.05, 0.1) is 25.2 Å². The molecule has 1 saturated heterocycles. The van der Waals surface area contributed by atoms with Gasteiger partial charge in [-0.1, -0.05) is 64.7 Å². The zero-order valence-corrected chi connectivity index (χ0v) is 14.4. The van der Waals surface area contributed by atoms with E-state index in [1.165, 1.54) is 57.8 Å². The molecule has 0 spiro atoms. The molecule has 0 aromatic heterocycles. The quantitative estimate of drug-likeness (QED) is 0.299. The number of unbranched alkanes of at least 4 members (excludes halogenated alkanes) is 8. The van der Waals surface area contributed by atoms with Crippen LogP contribution < -0.4 is 0 Å². The Balaban J connectivity index is 1.86. The van der Waals surface area contributed by atoms with E-state index in [-0.39, 0.29) is 24.8 Å². The molecule has 1 N–H and O–H groups in total. The molecule has 22 heavy (non-hydrogen) atoms. The lowest BCUT2D eigenvalue weighted by Gasteiger charge is -2.08. The van der Waals surface area contributed by atoms with Gasteiger partial charge in [-0.15, -0.1) is 0 Å². The number of ether oxygens (including phenoxy) is 2. The van der Waals surface area contributed by atoms with Gasteiger partial charge in [0.25, 0.3) is 0 Å². The van der Waals surface area contributed by atoms with Gasteiger partial charge in [-0.2, -0.15) is 0 Å². The Labute approximate surface area is 135 Å². The molecule has 1 aliphatic heterocycles. The first kappa shape index (κ1) is 19.4. The molecule has 3 unspecified atom stereocenters. The largest absolute Gasteiger partial charge is 0.460 e. The fourth-order valence-electron chi connectivity index (χ4n) is 2.74. The molecule has 0 aliphatic carbocycles. The number of hydrogen-bond donors (Lipinski definition) is 1.